The van der Waals surface area contributed by atoms with Gasteiger partial charge >= 0.3 is 24.1 Å². The Morgan fingerprint density at radius 3 is 2.06 bits per heavy atom. The lowest BCUT2D eigenvalue weighted by Crippen LogP contribution is -2.48. The van der Waals surface area contributed by atoms with Gasteiger partial charge in [0.05, 0.1) is 5.56 Å². The van der Waals surface area contributed by atoms with Crippen LogP contribution in [0.4, 0.5) is 0 Å². The molecule has 182 valence electrons. The van der Waals surface area contributed by atoms with Gasteiger partial charge in [-0.3, -0.25) is 19.2 Å². The van der Waals surface area contributed by atoms with Crippen molar-refractivity contribution in [2.45, 2.75) is 90.8 Å². The molecule has 0 unspecified atom stereocenters. The molecule has 2 rings (SSSR count). The van der Waals surface area contributed by atoms with E-state index >= 15 is 0 Å². The Bertz CT molecular complexity index is 840. The lowest BCUT2D eigenvalue weighted by molar-refractivity contribution is -0.765. The molecule has 0 amide bonds. The third-order valence-corrected chi connectivity index (χ3v) is 5.11. The molecule has 0 spiro atoms. The summed E-state index contributed by atoms with van der Waals surface area (Å²) in [5.74, 6) is -1.46. The lowest BCUT2D eigenvalue weighted by Gasteiger charge is -2.22. The van der Waals surface area contributed by atoms with E-state index in [0.29, 0.717) is 24.8 Å². The smallest absolute Gasteiger partial charge is 0.306 e. The molecule has 4 atom stereocenters. The zero-order valence-corrected chi connectivity index (χ0v) is 19.8. The van der Waals surface area contributed by atoms with Crippen molar-refractivity contribution in [3.05, 3.63) is 30.1 Å². The van der Waals surface area contributed by atoms with Gasteiger partial charge in [-0.2, -0.15) is 4.57 Å². The summed E-state index contributed by atoms with van der Waals surface area (Å²) in [5.41, 5.74) is 0.442. The van der Waals surface area contributed by atoms with Crippen LogP contribution in [0.15, 0.2) is 24.5 Å². The van der Waals surface area contributed by atoms with Gasteiger partial charge in [0.25, 0.3) is 0 Å². The van der Waals surface area contributed by atoms with Crippen molar-refractivity contribution in [1.29, 1.82) is 0 Å². The fourth-order valence-electron chi connectivity index (χ4n) is 3.49. The maximum Gasteiger partial charge on any atom is 0.306 e. The molecular weight excluding hydrogens is 430 g/mol. The number of carbonyl (C=O) groups is 4. The van der Waals surface area contributed by atoms with Crippen LogP contribution in [0.25, 0.3) is 0 Å². The topological polar surface area (TPSA) is 109 Å². The second-order valence-corrected chi connectivity index (χ2v) is 8.00. The number of hydrogen-bond acceptors (Lipinski definition) is 8. The van der Waals surface area contributed by atoms with Crippen LogP contribution in [0.3, 0.4) is 0 Å². The van der Waals surface area contributed by atoms with E-state index in [2.05, 4.69) is 0 Å². The monoisotopic (exact) mass is 464 g/mol. The molecule has 9 nitrogen and oxygen atoms in total. The van der Waals surface area contributed by atoms with E-state index in [4.69, 9.17) is 18.9 Å². The van der Waals surface area contributed by atoms with E-state index in [1.807, 2.05) is 20.8 Å². The van der Waals surface area contributed by atoms with Crippen molar-refractivity contribution in [2.24, 2.45) is 0 Å². The Morgan fingerprint density at radius 1 is 0.909 bits per heavy atom. The van der Waals surface area contributed by atoms with Crippen LogP contribution in [-0.2, 0) is 33.3 Å². The highest BCUT2D eigenvalue weighted by Gasteiger charge is 2.55. The second kappa shape index (κ2) is 13.0. The van der Waals surface area contributed by atoms with Crippen molar-refractivity contribution in [3.63, 3.8) is 0 Å². The van der Waals surface area contributed by atoms with Crippen LogP contribution in [-0.4, -0.2) is 48.6 Å². The Labute approximate surface area is 194 Å². The van der Waals surface area contributed by atoms with Crippen LogP contribution in [0, 0.1) is 0 Å². The number of Topliss-reactive ketones (excluding diaryl/α,β-unsaturated/α-hetero) is 1. The molecule has 1 aromatic rings. The molecule has 0 saturated carbocycles. The first kappa shape index (κ1) is 26.4. The summed E-state index contributed by atoms with van der Waals surface area (Å²) in [4.78, 5) is 48.6. The molecule has 0 N–H and O–H groups in total. The van der Waals surface area contributed by atoms with E-state index in [9.17, 15) is 19.2 Å². The number of hydrogen-bond donors (Lipinski definition) is 0. The minimum absolute atomic E-state index is 0.141. The maximum absolute atomic E-state index is 12.4. The molecule has 0 aliphatic carbocycles. The Morgan fingerprint density at radius 2 is 1.48 bits per heavy atom. The largest absolute Gasteiger partial charge is 0.463 e. The third-order valence-electron chi connectivity index (χ3n) is 5.11. The first-order valence-electron chi connectivity index (χ1n) is 11.5. The first-order chi connectivity index (χ1) is 15.8. The van der Waals surface area contributed by atoms with E-state index in [1.54, 1.807) is 29.1 Å². The summed E-state index contributed by atoms with van der Waals surface area (Å²) in [6, 6.07) is 3.34. The van der Waals surface area contributed by atoms with Gasteiger partial charge in [0.1, 0.15) is 12.7 Å². The average molecular weight is 465 g/mol. The molecule has 1 aliphatic rings. The quantitative estimate of drug-likeness (QED) is 0.201. The minimum atomic E-state index is -0.980. The molecule has 0 bridgehead atoms. The third kappa shape index (κ3) is 7.63. The summed E-state index contributed by atoms with van der Waals surface area (Å²) in [6.45, 7) is 6.85. The molecule has 2 heterocycles. The Hall–Kier alpha value is -2.81. The average Bonchev–Trinajstić information content (AvgIpc) is 3.09. The van der Waals surface area contributed by atoms with Crippen LogP contribution in [0.2, 0.25) is 0 Å². The molecule has 33 heavy (non-hydrogen) atoms. The normalized spacial score (nSPS) is 21.9. The summed E-state index contributed by atoms with van der Waals surface area (Å²) < 4.78 is 24.4. The molecular formula is C24H34NO8+. The lowest BCUT2D eigenvalue weighted by atomic mass is 10.1. The number of pyridine rings is 1. The van der Waals surface area contributed by atoms with Gasteiger partial charge in [0, 0.05) is 25.3 Å². The van der Waals surface area contributed by atoms with E-state index < -0.39 is 42.4 Å². The molecule has 1 aliphatic heterocycles. The van der Waals surface area contributed by atoms with Gasteiger partial charge in [-0.1, -0.05) is 20.8 Å². The SMILES string of the molecule is CCCC(=O)OC[C@H]1O[C@@H]([n+]2cccc(C(C)=O)c2)[C@H](OC(=O)CCC)[C@@H]1OC(=O)CCC. The van der Waals surface area contributed by atoms with Crippen molar-refractivity contribution >= 4 is 23.7 Å². The zero-order valence-electron chi connectivity index (χ0n) is 19.8. The predicted molar refractivity (Wildman–Crippen MR) is 116 cm³/mol. The van der Waals surface area contributed by atoms with Crippen molar-refractivity contribution < 1.29 is 42.7 Å². The van der Waals surface area contributed by atoms with Gasteiger partial charge in [0.2, 0.25) is 6.10 Å². The molecule has 9 heteroatoms. The zero-order chi connectivity index (χ0) is 24.4. The van der Waals surface area contributed by atoms with Gasteiger partial charge in [0.15, 0.2) is 24.3 Å². The number of ether oxygens (including phenoxy) is 4. The molecule has 0 aromatic carbocycles. The Balaban J connectivity index is 2.38. The first-order valence-corrected chi connectivity index (χ1v) is 11.5. The van der Waals surface area contributed by atoms with E-state index in [-0.39, 0.29) is 31.7 Å². The molecule has 1 saturated heterocycles. The highest BCUT2D eigenvalue weighted by Crippen LogP contribution is 2.32. The minimum Gasteiger partial charge on any atom is -0.463 e. The standard InChI is InChI=1S/C24H34NO8/c1-5-9-19(27)30-15-18-22(32-20(28)10-6-2)23(33-21(29)11-7-3)24(31-18)25-13-8-12-17(14-25)16(4)26/h8,12-14,18,22-24H,5-7,9-11,15H2,1-4H3/q+1/t18-,22-,23-,24-/m1/s1. The number of esters is 3. The van der Waals surface area contributed by atoms with Crippen LogP contribution < -0.4 is 4.57 Å². The van der Waals surface area contributed by atoms with Crippen molar-refractivity contribution in [1.82, 2.24) is 0 Å². The number of aromatic nitrogens is 1. The highest BCUT2D eigenvalue weighted by molar-refractivity contribution is 5.93. The highest BCUT2D eigenvalue weighted by atomic mass is 16.7. The fourth-order valence-corrected chi connectivity index (χ4v) is 3.49. The van der Waals surface area contributed by atoms with Gasteiger partial charge < -0.3 is 18.9 Å². The van der Waals surface area contributed by atoms with Crippen molar-refractivity contribution in [3.8, 4) is 0 Å². The van der Waals surface area contributed by atoms with E-state index in [1.165, 1.54) is 6.92 Å². The van der Waals surface area contributed by atoms with Gasteiger partial charge in [-0.15, -0.1) is 0 Å². The molecule has 1 fully saturated rings. The van der Waals surface area contributed by atoms with Crippen LogP contribution in [0.5, 0.6) is 0 Å². The summed E-state index contributed by atoms with van der Waals surface area (Å²) in [5, 5.41) is 0. The summed E-state index contributed by atoms with van der Waals surface area (Å²) >= 11 is 0. The van der Waals surface area contributed by atoms with E-state index in [0.717, 1.165) is 0 Å². The van der Waals surface area contributed by atoms with Gasteiger partial charge in [-0.05, 0) is 32.3 Å². The number of nitrogens with zero attached hydrogens (tertiary/aromatic N) is 1. The number of carbonyl (C=O) groups excluding carboxylic acids is 4. The fraction of sp³-hybridized carbons (Fsp3) is 0.625. The molecule has 0 radical (unpaired) electrons. The second-order valence-electron chi connectivity index (χ2n) is 8.00. The molecule has 1 aromatic heterocycles. The van der Waals surface area contributed by atoms with Crippen LogP contribution in [0.1, 0.15) is 82.8 Å². The number of rotatable bonds is 12. The van der Waals surface area contributed by atoms with Crippen LogP contribution >= 0.6 is 0 Å². The van der Waals surface area contributed by atoms with Crippen molar-refractivity contribution in [2.75, 3.05) is 6.61 Å². The Kier molecular flexibility index (Phi) is 10.4. The van der Waals surface area contributed by atoms with Gasteiger partial charge in [-0.25, -0.2) is 0 Å². The summed E-state index contributed by atoms with van der Waals surface area (Å²) in [6.07, 6.45) is 2.02. The number of ketones is 1. The summed E-state index contributed by atoms with van der Waals surface area (Å²) in [7, 11) is 0. The predicted octanol–water partition coefficient (Wildman–Crippen LogP) is 2.84. The maximum atomic E-state index is 12.4.